The van der Waals surface area contributed by atoms with Gasteiger partial charge in [0.25, 0.3) is 11.8 Å². The van der Waals surface area contributed by atoms with E-state index in [0.29, 0.717) is 16.7 Å². The van der Waals surface area contributed by atoms with Crippen LogP contribution in [0, 0.1) is 0 Å². The Kier molecular flexibility index (Phi) is 5.96. The molecule has 0 aliphatic carbocycles. The normalized spacial score (nSPS) is 20.5. The number of piperidine rings is 1. The number of alkyl halides is 2. The second-order valence-electron chi connectivity index (χ2n) is 7.90. The zero-order valence-electron chi connectivity index (χ0n) is 17.1. The monoisotopic (exact) mass is 471 g/mol. The molecule has 33 heavy (non-hydrogen) atoms. The van der Waals surface area contributed by atoms with Crippen LogP contribution in [0.3, 0.4) is 0 Å². The van der Waals surface area contributed by atoms with Crippen molar-refractivity contribution in [2.45, 2.75) is 37.3 Å². The fourth-order valence-corrected chi connectivity index (χ4v) is 3.99. The molecule has 2 aliphatic heterocycles. The van der Waals surface area contributed by atoms with E-state index in [1.54, 1.807) is 6.07 Å². The SMILES string of the molecule is [B]C1CC(N2Cc3cc(CNC(=O)C(F)(F)c4ccc(Cl)cc4)ccc3C2=O)C(=O)NC1=O. The number of hydrogen-bond donors (Lipinski definition) is 2. The molecular formula is C22H17BClF2N3O4. The van der Waals surface area contributed by atoms with Crippen molar-refractivity contribution < 1.29 is 28.0 Å². The number of amides is 4. The maximum absolute atomic E-state index is 14.4. The molecule has 7 nitrogen and oxygen atoms in total. The molecule has 0 aromatic heterocycles. The number of benzene rings is 2. The van der Waals surface area contributed by atoms with Crippen molar-refractivity contribution in [1.82, 2.24) is 15.5 Å². The molecule has 2 N–H and O–H groups in total. The van der Waals surface area contributed by atoms with Gasteiger partial charge in [0.1, 0.15) is 6.04 Å². The van der Waals surface area contributed by atoms with Crippen molar-refractivity contribution in [2.75, 3.05) is 0 Å². The topological polar surface area (TPSA) is 95.6 Å². The molecule has 1 fully saturated rings. The summed E-state index contributed by atoms with van der Waals surface area (Å²) in [5.74, 6) is -7.71. The number of nitrogens with zero attached hydrogens (tertiary/aromatic N) is 1. The maximum atomic E-state index is 14.4. The molecular weight excluding hydrogens is 455 g/mol. The zero-order chi connectivity index (χ0) is 23.9. The Bertz CT molecular complexity index is 1160. The summed E-state index contributed by atoms with van der Waals surface area (Å²) < 4.78 is 28.9. The third-order valence-electron chi connectivity index (χ3n) is 5.69. The van der Waals surface area contributed by atoms with E-state index in [2.05, 4.69) is 10.6 Å². The second-order valence-corrected chi connectivity index (χ2v) is 8.34. The molecule has 2 radical (unpaired) electrons. The molecule has 0 bridgehead atoms. The van der Waals surface area contributed by atoms with Gasteiger partial charge in [-0.15, -0.1) is 0 Å². The van der Waals surface area contributed by atoms with Crippen molar-refractivity contribution >= 4 is 43.1 Å². The average molecular weight is 472 g/mol. The summed E-state index contributed by atoms with van der Waals surface area (Å²) in [6, 6.07) is 8.49. The Morgan fingerprint density at radius 3 is 2.55 bits per heavy atom. The van der Waals surface area contributed by atoms with Crippen molar-refractivity contribution in [2.24, 2.45) is 0 Å². The van der Waals surface area contributed by atoms with Gasteiger partial charge in [-0.05, 0) is 35.7 Å². The zero-order valence-corrected chi connectivity index (χ0v) is 17.9. The number of fused-ring (bicyclic) bond motifs is 1. The van der Waals surface area contributed by atoms with Gasteiger partial charge in [0.15, 0.2) is 0 Å². The van der Waals surface area contributed by atoms with Crippen LogP contribution in [0.2, 0.25) is 10.8 Å². The van der Waals surface area contributed by atoms with Gasteiger partial charge < -0.3 is 10.2 Å². The lowest BCUT2D eigenvalue weighted by molar-refractivity contribution is -0.147. The quantitative estimate of drug-likeness (QED) is 0.516. The largest absolute Gasteiger partial charge is 0.349 e. The fraction of sp³-hybridized carbons (Fsp3) is 0.273. The van der Waals surface area contributed by atoms with Crippen LogP contribution in [-0.4, -0.2) is 42.4 Å². The number of halogens is 3. The van der Waals surface area contributed by atoms with Gasteiger partial charge in [0.05, 0.1) is 7.85 Å². The van der Waals surface area contributed by atoms with E-state index in [0.717, 1.165) is 12.1 Å². The Morgan fingerprint density at radius 2 is 1.85 bits per heavy atom. The van der Waals surface area contributed by atoms with Gasteiger partial charge in [-0.3, -0.25) is 24.5 Å². The molecule has 2 aromatic rings. The highest BCUT2D eigenvalue weighted by molar-refractivity contribution is 6.30. The Balaban J connectivity index is 1.44. The summed E-state index contributed by atoms with van der Waals surface area (Å²) in [6.45, 7) is -0.0946. The van der Waals surface area contributed by atoms with E-state index in [1.807, 2.05) is 0 Å². The van der Waals surface area contributed by atoms with Gasteiger partial charge in [0.2, 0.25) is 11.8 Å². The molecule has 0 saturated carbocycles. The van der Waals surface area contributed by atoms with Gasteiger partial charge in [-0.25, -0.2) is 0 Å². The van der Waals surface area contributed by atoms with E-state index in [9.17, 15) is 28.0 Å². The van der Waals surface area contributed by atoms with Crippen LogP contribution >= 0.6 is 11.6 Å². The van der Waals surface area contributed by atoms with E-state index in [-0.39, 0.29) is 24.5 Å². The first-order valence-electron chi connectivity index (χ1n) is 10.0. The predicted octanol–water partition coefficient (Wildman–Crippen LogP) is 2.08. The average Bonchev–Trinajstić information content (AvgIpc) is 3.10. The lowest BCUT2D eigenvalue weighted by Gasteiger charge is -2.32. The minimum atomic E-state index is -3.75. The standard InChI is InChI=1S/C22H17BClF2N3O4/c23-16-8-17(19(31)28-18(16)30)29-10-12-7-11(1-6-15(12)20(29)32)9-27-21(33)22(25,26)13-2-4-14(24)5-3-13/h1-7,16-17H,8-10H2,(H,27,33)(H,28,30,31). The maximum Gasteiger partial charge on any atom is 0.349 e. The summed E-state index contributed by atoms with van der Waals surface area (Å²) in [6.07, 6.45) is 0.00703. The number of rotatable bonds is 5. The molecule has 2 heterocycles. The minimum absolute atomic E-state index is 0.00703. The summed E-state index contributed by atoms with van der Waals surface area (Å²) in [4.78, 5) is 50.0. The summed E-state index contributed by atoms with van der Waals surface area (Å²) in [7, 11) is 5.72. The first kappa shape index (κ1) is 22.9. The van der Waals surface area contributed by atoms with Crippen LogP contribution in [0.15, 0.2) is 42.5 Å². The van der Waals surface area contributed by atoms with Gasteiger partial charge >= 0.3 is 5.92 Å². The molecule has 2 atom stereocenters. The molecule has 1 saturated heterocycles. The molecule has 4 rings (SSSR count). The lowest BCUT2D eigenvalue weighted by Crippen LogP contribution is -2.54. The first-order chi connectivity index (χ1) is 15.6. The molecule has 168 valence electrons. The van der Waals surface area contributed by atoms with Crippen LogP contribution in [0.4, 0.5) is 8.78 Å². The van der Waals surface area contributed by atoms with Crippen molar-refractivity contribution in [3.05, 3.63) is 69.7 Å². The van der Waals surface area contributed by atoms with Crippen LogP contribution in [0.1, 0.15) is 33.5 Å². The Morgan fingerprint density at radius 1 is 1.15 bits per heavy atom. The van der Waals surface area contributed by atoms with Crippen LogP contribution < -0.4 is 10.6 Å². The number of imide groups is 1. The van der Waals surface area contributed by atoms with Crippen LogP contribution in [0.5, 0.6) is 0 Å². The molecule has 2 aromatic carbocycles. The Labute approximate surface area is 193 Å². The van der Waals surface area contributed by atoms with E-state index >= 15 is 0 Å². The number of hydrogen-bond acceptors (Lipinski definition) is 4. The van der Waals surface area contributed by atoms with Crippen LogP contribution in [-0.2, 0) is 33.4 Å². The van der Waals surface area contributed by atoms with E-state index < -0.39 is 47.0 Å². The molecule has 2 aliphatic rings. The number of nitrogens with one attached hydrogen (secondary N) is 2. The number of carbonyl (C=O) groups excluding carboxylic acids is 4. The summed E-state index contributed by atoms with van der Waals surface area (Å²) >= 11 is 5.70. The van der Waals surface area contributed by atoms with Gasteiger partial charge in [0, 0.05) is 35.1 Å². The highest BCUT2D eigenvalue weighted by Crippen LogP contribution is 2.31. The number of carbonyl (C=O) groups is 4. The first-order valence-corrected chi connectivity index (χ1v) is 10.4. The van der Waals surface area contributed by atoms with Gasteiger partial charge in [-0.1, -0.05) is 35.9 Å². The fourth-order valence-electron chi connectivity index (χ4n) is 3.86. The Hall–Kier alpha value is -3.27. The van der Waals surface area contributed by atoms with E-state index in [4.69, 9.17) is 19.4 Å². The van der Waals surface area contributed by atoms with Gasteiger partial charge in [-0.2, -0.15) is 8.78 Å². The molecule has 0 spiro atoms. The third kappa shape index (κ3) is 4.35. The van der Waals surface area contributed by atoms with Crippen molar-refractivity contribution in [1.29, 1.82) is 0 Å². The van der Waals surface area contributed by atoms with Crippen LogP contribution in [0.25, 0.3) is 0 Å². The predicted molar refractivity (Wildman–Crippen MR) is 115 cm³/mol. The second kappa shape index (κ2) is 8.59. The summed E-state index contributed by atoms with van der Waals surface area (Å²) in [5, 5.41) is 4.64. The highest BCUT2D eigenvalue weighted by Gasteiger charge is 2.42. The van der Waals surface area contributed by atoms with E-state index in [1.165, 1.54) is 29.2 Å². The molecule has 4 amide bonds. The lowest BCUT2D eigenvalue weighted by atomic mass is 9.78. The molecule has 2 unspecified atom stereocenters. The van der Waals surface area contributed by atoms with Crippen molar-refractivity contribution in [3.63, 3.8) is 0 Å². The minimum Gasteiger partial charge on any atom is -0.346 e. The smallest absolute Gasteiger partial charge is 0.346 e. The summed E-state index contributed by atoms with van der Waals surface area (Å²) in [5.41, 5.74) is 0.954. The van der Waals surface area contributed by atoms with Crippen molar-refractivity contribution in [3.8, 4) is 0 Å². The molecule has 11 heteroatoms. The third-order valence-corrected chi connectivity index (χ3v) is 5.94. The highest BCUT2D eigenvalue weighted by atomic mass is 35.5.